The van der Waals surface area contributed by atoms with E-state index in [4.69, 9.17) is 0 Å². The Morgan fingerprint density at radius 1 is 1.00 bits per heavy atom. The third kappa shape index (κ3) is 4.14. The Kier molecular flexibility index (Phi) is 5.44. The van der Waals surface area contributed by atoms with E-state index in [0.29, 0.717) is 12.8 Å². The zero-order valence-electron chi connectivity index (χ0n) is 15.0. The fourth-order valence-electron chi connectivity index (χ4n) is 3.10. The van der Waals surface area contributed by atoms with E-state index >= 15 is 0 Å². The predicted molar refractivity (Wildman–Crippen MR) is 103 cm³/mol. The monoisotopic (exact) mass is 372 g/mol. The summed E-state index contributed by atoms with van der Waals surface area (Å²) in [4.78, 5) is 11.9. The Morgan fingerprint density at radius 2 is 1.62 bits per heavy atom. The SMILES string of the molecule is CC(C)S(=O)(=O)N[C@H]1CCC(=O)N[C@H]1c1ccc(-c2ccccc2)cc1. The van der Waals surface area contributed by atoms with Gasteiger partial charge in [0.05, 0.1) is 11.3 Å². The van der Waals surface area contributed by atoms with E-state index < -0.39 is 15.3 Å². The Morgan fingerprint density at radius 3 is 2.23 bits per heavy atom. The van der Waals surface area contributed by atoms with Gasteiger partial charge in [-0.25, -0.2) is 13.1 Å². The second-order valence-electron chi connectivity index (χ2n) is 6.89. The number of sulfonamides is 1. The van der Waals surface area contributed by atoms with Gasteiger partial charge in [0.25, 0.3) is 0 Å². The van der Waals surface area contributed by atoms with Crippen molar-refractivity contribution in [1.82, 2.24) is 10.0 Å². The van der Waals surface area contributed by atoms with E-state index in [1.165, 1.54) is 0 Å². The molecule has 5 nitrogen and oxygen atoms in total. The Bertz CT molecular complexity index is 862. The van der Waals surface area contributed by atoms with Crippen molar-refractivity contribution in [3.8, 4) is 11.1 Å². The van der Waals surface area contributed by atoms with Gasteiger partial charge in [-0.15, -0.1) is 0 Å². The van der Waals surface area contributed by atoms with Crippen molar-refractivity contribution in [2.24, 2.45) is 0 Å². The average molecular weight is 372 g/mol. The topological polar surface area (TPSA) is 75.3 Å². The molecule has 1 heterocycles. The molecule has 0 unspecified atom stereocenters. The number of piperidine rings is 1. The van der Waals surface area contributed by atoms with Gasteiger partial charge >= 0.3 is 0 Å². The van der Waals surface area contributed by atoms with Gasteiger partial charge in [-0.05, 0) is 37.0 Å². The normalized spacial score (nSPS) is 20.8. The van der Waals surface area contributed by atoms with Crippen LogP contribution in [-0.2, 0) is 14.8 Å². The van der Waals surface area contributed by atoms with E-state index in [1.54, 1.807) is 13.8 Å². The summed E-state index contributed by atoms with van der Waals surface area (Å²) >= 11 is 0. The van der Waals surface area contributed by atoms with E-state index in [-0.39, 0.29) is 18.0 Å². The number of hydrogen-bond acceptors (Lipinski definition) is 3. The molecule has 2 atom stereocenters. The van der Waals surface area contributed by atoms with E-state index in [2.05, 4.69) is 10.0 Å². The molecule has 6 heteroatoms. The minimum atomic E-state index is -3.41. The smallest absolute Gasteiger partial charge is 0.220 e. The number of carbonyl (C=O) groups is 1. The van der Waals surface area contributed by atoms with Crippen LogP contribution in [0.4, 0.5) is 0 Å². The van der Waals surface area contributed by atoms with Gasteiger partial charge in [0.15, 0.2) is 0 Å². The van der Waals surface area contributed by atoms with Crippen molar-refractivity contribution in [2.45, 2.75) is 44.0 Å². The van der Waals surface area contributed by atoms with Crippen LogP contribution in [0.15, 0.2) is 54.6 Å². The molecule has 0 aromatic heterocycles. The van der Waals surface area contributed by atoms with E-state index in [0.717, 1.165) is 16.7 Å². The highest BCUT2D eigenvalue weighted by atomic mass is 32.2. The molecule has 1 aliphatic rings. The minimum Gasteiger partial charge on any atom is -0.348 e. The molecule has 1 amide bonds. The lowest BCUT2D eigenvalue weighted by Crippen LogP contribution is -2.51. The summed E-state index contributed by atoms with van der Waals surface area (Å²) in [6.07, 6.45) is 0.812. The van der Waals surface area contributed by atoms with Crippen molar-refractivity contribution in [3.05, 3.63) is 60.2 Å². The van der Waals surface area contributed by atoms with Gasteiger partial charge in [0.1, 0.15) is 0 Å². The van der Waals surface area contributed by atoms with Crippen LogP contribution in [-0.4, -0.2) is 25.6 Å². The van der Waals surface area contributed by atoms with Gasteiger partial charge in [-0.1, -0.05) is 54.6 Å². The fraction of sp³-hybridized carbons (Fsp3) is 0.350. The van der Waals surface area contributed by atoms with Gasteiger partial charge in [0.2, 0.25) is 15.9 Å². The molecule has 138 valence electrons. The molecular formula is C20H24N2O3S. The van der Waals surface area contributed by atoms with Gasteiger partial charge in [-0.3, -0.25) is 4.79 Å². The quantitative estimate of drug-likeness (QED) is 0.847. The molecule has 1 aliphatic heterocycles. The number of benzene rings is 2. The molecule has 0 aliphatic carbocycles. The van der Waals surface area contributed by atoms with Crippen molar-refractivity contribution in [1.29, 1.82) is 0 Å². The predicted octanol–water partition coefficient (Wildman–Crippen LogP) is 3.00. The number of carbonyl (C=O) groups excluding carboxylic acids is 1. The molecule has 1 fully saturated rings. The summed E-state index contributed by atoms with van der Waals surface area (Å²) in [7, 11) is -3.41. The molecule has 2 N–H and O–H groups in total. The largest absolute Gasteiger partial charge is 0.348 e. The van der Waals surface area contributed by atoms with Crippen LogP contribution in [0.3, 0.4) is 0 Å². The highest BCUT2D eigenvalue weighted by Crippen LogP contribution is 2.27. The average Bonchev–Trinajstić information content (AvgIpc) is 2.64. The number of hydrogen-bond donors (Lipinski definition) is 2. The van der Waals surface area contributed by atoms with Gasteiger partial charge in [0, 0.05) is 12.5 Å². The molecule has 3 rings (SSSR count). The summed E-state index contributed by atoms with van der Waals surface area (Å²) in [5.74, 6) is -0.0536. The van der Waals surface area contributed by atoms with Gasteiger partial charge < -0.3 is 5.32 Å². The van der Waals surface area contributed by atoms with Crippen LogP contribution in [0.2, 0.25) is 0 Å². The third-order valence-corrected chi connectivity index (χ3v) is 6.59. The maximum absolute atomic E-state index is 12.3. The van der Waals surface area contributed by atoms with Crippen molar-refractivity contribution >= 4 is 15.9 Å². The molecule has 26 heavy (non-hydrogen) atoms. The Labute approximate surface area is 154 Å². The molecule has 0 radical (unpaired) electrons. The van der Waals surface area contributed by atoms with Crippen molar-refractivity contribution in [3.63, 3.8) is 0 Å². The molecule has 0 saturated carbocycles. The Hall–Kier alpha value is -2.18. The van der Waals surface area contributed by atoms with E-state index in [9.17, 15) is 13.2 Å². The molecule has 0 bridgehead atoms. The number of rotatable bonds is 5. The van der Waals surface area contributed by atoms with Crippen LogP contribution in [0.5, 0.6) is 0 Å². The lowest BCUT2D eigenvalue weighted by Gasteiger charge is -2.33. The van der Waals surface area contributed by atoms with Crippen LogP contribution >= 0.6 is 0 Å². The summed E-state index contributed by atoms with van der Waals surface area (Å²) in [6.45, 7) is 3.29. The van der Waals surface area contributed by atoms with Crippen LogP contribution in [0, 0.1) is 0 Å². The fourth-order valence-corrected chi connectivity index (χ4v) is 4.05. The lowest BCUT2D eigenvalue weighted by molar-refractivity contribution is -0.123. The van der Waals surface area contributed by atoms with Crippen molar-refractivity contribution < 1.29 is 13.2 Å². The van der Waals surface area contributed by atoms with Crippen LogP contribution in [0.1, 0.15) is 38.3 Å². The highest BCUT2D eigenvalue weighted by molar-refractivity contribution is 7.90. The zero-order valence-corrected chi connectivity index (χ0v) is 15.8. The minimum absolute atomic E-state index is 0.0536. The summed E-state index contributed by atoms with van der Waals surface area (Å²) in [5.41, 5.74) is 3.09. The zero-order chi connectivity index (χ0) is 18.7. The first kappa shape index (κ1) is 18.6. The first-order valence-electron chi connectivity index (χ1n) is 8.83. The molecule has 0 spiro atoms. The third-order valence-electron chi connectivity index (χ3n) is 4.71. The molecule has 1 saturated heterocycles. The number of amides is 1. The first-order valence-corrected chi connectivity index (χ1v) is 10.4. The standard InChI is InChI=1S/C20H24N2O3S/c1-14(2)26(24,25)22-18-12-13-19(23)21-20(18)17-10-8-16(9-11-17)15-6-4-3-5-7-15/h3-11,14,18,20,22H,12-13H2,1-2H3,(H,21,23)/t18-,20-/m0/s1. The van der Waals surface area contributed by atoms with Crippen LogP contribution < -0.4 is 10.0 Å². The maximum atomic E-state index is 12.3. The summed E-state index contributed by atoms with van der Waals surface area (Å²) in [5, 5.41) is 2.42. The van der Waals surface area contributed by atoms with Gasteiger partial charge in [-0.2, -0.15) is 0 Å². The second kappa shape index (κ2) is 7.60. The second-order valence-corrected chi connectivity index (χ2v) is 9.16. The first-order chi connectivity index (χ1) is 12.4. The summed E-state index contributed by atoms with van der Waals surface area (Å²) in [6, 6.07) is 17.2. The highest BCUT2D eigenvalue weighted by Gasteiger charge is 2.33. The summed E-state index contributed by atoms with van der Waals surface area (Å²) < 4.78 is 27.3. The maximum Gasteiger partial charge on any atom is 0.220 e. The Balaban J connectivity index is 1.85. The molecule has 2 aromatic rings. The van der Waals surface area contributed by atoms with Crippen molar-refractivity contribution in [2.75, 3.05) is 0 Å². The lowest BCUT2D eigenvalue weighted by atomic mass is 9.91. The molecule has 2 aromatic carbocycles. The molecular weight excluding hydrogens is 348 g/mol. The number of nitrogens with one attached hydrogen (secondary N) is 2. The van der Waals surface area contributed by atoms with Crippen LogP contribution in [0.25, 0.3) is 11.1 Å². The van der Waals surface area contributed by atoms with E-state index in [1.807, 2.05) is 54.6 Å².